The summed E-state index contributed by atoms with van der Waals surface area (Å²) in [5.41, 5.74) is 1.12. The van der Waals surface area contributed by atoms with Gasteiger partial charge in [-0.2, -0.15) is 0 Å². The van der Waals surface area contributed by atoms with Crippen LogP contribution in [0.3, 0.4) is 0 Å². The van der Waals surface area contributed by atoms with E-state index in [0.29, 0.717) is 11.8 Å². The fourth-order valence-corrected chi connectivity index (χ4v) is 1.42. The van der Waals surface area contributed by atoms with Gasteiger partial charge in [0.2, 0.25) is 0 Å². The van der Waals surface area contributed by atoms with E-state index in [1.807, 2.05) is 24.3 Å². The minimum atomic E-state index is -0.219. The standard InChI is InChI=1S/C15H20N2O2/c1-4-8-16-15(18)11-19-14-7-5-6-13(9-14)10-17-12(2)3/h1,5-7,9,12,17H,8,10-11H2,2-3H3,(H,16,18). The lowest BCUT2D eigenvalue weighted by atomic mass is 10.2. The normalized spacial score (nSPS) is 10.0. The van der Waals surface area contributed by atoms with Crippen LogP contribution in [-0.4, -0.2) is 25.1 Å². The Kier molecular flexibility index (Phi) is 6.48. The number of nitrogens with one attached hydrogen (secondary N) is 2. The van der Waals surface area contributed by atoms with Gasteiger partial charge in [0.25, 0.3) is 5.91 Å². The summed E-state index contributed by atoms with van der Waals surface area (Å²) in [6, 6.07) is 8.10. The molecule has 0 unspecified atom stereocenters. The first kappa shape index (κ1) is 15.1. The molecule has 0 aliphatic heterocycles. The van der Waals surface area contributed by atoms with Crippen LogP contribution in [0.2, 0.25) is 0 Å². The molecule has 0 saturated carbocycles. The van der Waals surface area contributed by atoms with E-state index < -0.39 is 0 Å². The van der Waals surface area contributed by atoms with Crippen molar-refractivity contribution in [3.8, 4) is 18.1 Å². The summed E-state index contributed by atoms with van der Waals surface area (Å²) in [4.78, 5) is 11.3. The second-order valence-corrected chi connectivity index (χ2v) is 4.45. The largest absolute Gasteiger partial charge is 0.484 e. The molecule has 0 aliphatic carbocycles. The van der Waals surface area contributed by atoms with Crippen LogP contribution < -0.4 is 15.4 Å². The lowest BCUT2D eigenvalue weighted by Crippen LogP contribution is -2.29. The molecule has 0 atom stereocenters. The van der Waals surface area contributed by atoms with Gasteiger partial charge in [0.15, 0.2) is 6.61 Å². The van der Waals surface area contributed by atoms with Crippen molar-refractivity contribution in [3.63, 3.8) is 0 Å². The van der Waals surface area contributed by atoms with Gasteiger partial charge in [-0.3, -0.25) is 4.79 Å². The highest BCUT2D eigenvalue weighted by atomic mass is 16.5. The SMILES string of the molecule is C#CCNC(=O)COc1cccc(CNC(C)C)c1. The number of terminal acetylenes is 1. The third-order valence-corrected chi connectivity index (χ3v) is 2.37. The van der Waals surface area contributed by atoms with E-state index in [1.54, 1.807) is 0 Å². The Morgan fingerprint density at radius 3 is 2.95 bits per heavy atom. The van der Waals surface area contributed by atoms with E-state index in [1.165, 1.54) is 0 Å². The molecule has 1 aromatic rings. The number of amides is 1. The first-order valence-electron chi connectivity index (χ1n) is 6.27. The van der Waals surface area contributed by atoms with Gasteiger partial charge in [0.05, 0.1) is 6.54 Å². The van der Waals surface area contributed by atoms with E-state index in [4.69, 9.17) is 11.2 Å². The highest BCUT2D eigenvalue weighted by Gasteiger charge is 2.02. The van der Waals surface area contributed by atoms with Crippen molar-refractivity contribution in [1.29, 1.82) is 0 Å². The predicted octanol–water partition coefficient (Wildman–Crippen LogP) is 1.31. The van der Waals surface area contributed by atoms with E-state index in [-0.39, 0.29) is 19.1 Å². The lowest BCUT2D eigenvalue weighted by Gasteiger charge is -2.10. The third kappa shape index (κ3) is 6.49. The van der Waals surface area contributed by atoms with Crippen LogP contribution in [0.4, 0.5) is 0 Å². The zero-order valence-corrected chi connectivity index (χ0v) is 11.4. The van der Waals surface area contributed by atoms with E-state index >= 15 is 0 Å². The van der Waals surface area contributed by atoms with E-state index in [9.17, 15) is 4.79 Å². The minimum absolute atomic E-state index is 0.0251. The summed E-state index contributed by atoms with van der Waals surface area (Å²) in [5.74, 6) is 2.80. The average Bonchev–Trinajstić information content (AvgIpc) is 2.41. The van der Waals surface area contributed by atoms with Crippen molar-refractivity contribution in [2.75, 3.05) is 13.2 Å². The zero-order valence-electron chi connectivity index (χ0n) is 11.4. The van der Waals surface area contributed by atoms with Gasteiger partial charge in [-0.05, 0) is 17.7 Å². The van der Waals surface area contributed by atoms with Gasteiger partial charge in [0, 0.05) is 12.6 Å². The molecule has 1 aromatic carbocycles. The zero-order chi connectivity index (χ0) is 14.1. The third-order valence-electron chi connectivity index (χ3n) is 2.37. The summed E-state index contributed by atoms with van der Waals surface area (Å²) in [7, 11) is 0. The number of rotatable bonds is 7. The molecule has 0 spiro atoms. The van der Waals surface area contributed by atoms with Crippen molar-refractivity contribution in [2.45, 2.75) is 26.4 Å². The maximum absolute atomic E-state index is 11.3. The Balaban J connectivity index is 2.44. The predicted molar refractivity (Wildman–Crippen MR) is 75.8 cm³/mol. The van der Waals surface area contributed by atoms with Crippen molar-refractivity contribution in [2.24, 2.45) is 0 Å². The van der Waals surface area contributed by atoms with Crippen LogP contribution >= 0.6 is 0 Å². The number of hydrogen-bond acceptors (Lipinski definition) is 3. The van der Waals surface area contributed by atoms with Gasteiger partial charge in [-0.25, -0.2) is 0 Å². The molecule has 0 heterocycles. The molecule has 0 radical (unpaired) electrons. The minimum Gasteiger partial charge on any atom is -0.484 e. The number of carbonyl (C=O) groups excluding carboxylic acids is 1. The van der Waals surface area contributed by atoms with Gasteiger partial charge >= 0.3 is 0 Å². The van der Waals surface area contributed by atoms with Crippen LogP contribution in [0, 0.1) is 12.3 Å². The van der Waals surface area contributed by atoms with E-state index in [2.05, 4.69) is 30.4 Å². The number of hydrogen-bond donors (Lipinski definition) is 2. The van der Waals surface area contributed by atoms with Crippen LogP contribution in [0.15, 0.2) is 24.3 Å². The molecular weight excluding hydrogens is 240 g/mol. The fourth-order valence-electron chi connectivity index (χ4n) is 1.42. The van der Waals surface area contributed by atoms with Crippen molar-refractivity contribution < 1.29 is 9.53 Å². The first-order chi connectivity index (χ1) is 9.11. The molecule has 2 N–H and O–H groups in total. The van der Waals surface area contributed by atoms with Crippen LogP contribution in [-0.2, 0) is 11.3 Å². The molecule has 19 heavy (non-hydrogen) atoms. The Labute approximate surface area is 114 Å². The number of benzene rings is 1. The summed E-state index contributed by atoms with van der Waals surface area (Å²) in [6.45, 7) is 5.16. The van der Waals surface area contributed by atoms with Gasteiger partial charge < -0.3 is 15.4 Å². The Hall–Kier alpha value is -1.99. The Morgan fingerprint density at radius 1 is 1.47 bits per heavy atom. The highest BCUT2D eigenvalue weighted by Crippen LogP contribution is 2.13. The second-order valence-electron chi connectivity index (χ2n) is 4.45. The average molecular weight is 260 g/mol. The maximum atomic E-state index is 11.3. The second kappa shape index (κ2) is 8.17. The molecule has 0 saturated heterocycles. The highest BCUT2D eigenvalue weighted by molar-refractivity contribution is 5.77. The first-order valence-corrected chi connectivity index (χ1v) is 6.27. The van der Waals surface area contributed by atoms with Crippen molar-refractivity contribution in [1.82, 2.24) is 10.6 Å². The van der Waals surface area contributed by atoms with E-state index in [0.717, 1.165) is 12.1 Å². The van der Waals surface area contributed by atoms with Crippen molar-refractivity contribution in [3.05, 3.63) is 29.8 Å². The Morgan fingerprint density at radius 2 is 2.26 bits per heavy atom. The summed E-state index contributed by atoms with van der Waals surface area (Å²) in [6.07, 6.45) is 5.05. The Bertz CT molecular complexity index is 450. The van der Waals surface area contributed by atoms with Crippen LogP contribution in [0.25, 0.3) is 0 Å². The van der Waals surface area contributed by atoms with Gasteiger partial charge in [-0.1, -0.05) is 31.9 Å². The van der Waals surface area contributed by atoms with Gasteiger partial charge in [-0.15, -0.1) is 6.42 Å². The molecule has 4 nitrogen and oxygen atoms in total. The molecule has 0 aliphatic rings. The molecule has 0 aromatic heterocycles. The van der Waals surface area contributed by atoms with Crippen molar-refractivity contribution >= 4 is 5.91 Å². The molecular formula is C15H20N2O2. The van der Waals surface area contributed by atoms with Crippen LogP contribution in [0.1, 0.15) is 19.4 Å². The maximum Gasteiger partial charge on any atom is 0.258 e. The van der Waals surface area contributed by atoms with Gasteiger partial charge in [0.1, 0.15) is 5.75 Å². The molecule has 0 fully saturated rings. The quantitative estimate of drug-likeness (QED) is 0.727. The summed E-state index contributed by atoms with van der Waals surface area (Å²) < 4.78 is 5.40. The number of carbonyl (C=O) groups is 1. The molecule has 102 valence electrons. The van der Waals surface area contributed by atoms with Crippen LogP contribution in [0.5, 0.6) is 5.75 Å². The molecule has 4 heteroatoms. The molecule has 1 amide bonds. The smallest absolute Gasteiger partial charge is 0.258 e. The molecule has 0 bridgehead atoms. The lowest BCUT2D eigenvalue weighted by molar-refractivity contribution is -0.122. The summed E-state index contributed by atoms with van der Waals surface area (Å²) in [5, 5.41) is 5.87. The monoisotopic (exact) mass is 260 g/mol. The molecule has 1 rings (SSSR count). The summed E-state index contributed by atoms with van der Waals surface area (Å²) >= 11 is 0. The fraction of sp³-hybridized carbons (Fsp3) is 0.400. The number of ether oxygens (including phenoxy) is 1. The topological polar surface area (TPSA) is 50.4 Å².